The molecular weight excluding hydrogens is 222 g/mol. The Morgan fingerprint density at radius 3 is 2.94 bits per heavy atom. The van der Waals surface area contributed by atoms with Crippen LogP contribution in [-0.4, -0.2) is 24.6 Å². The highest BCUT2D eigenvalue weighted by molar-refractivity contribution is 5.71. The van der Waals surface area contributed by atoms with Crippen LogP contribution in [-0.2, 0) is 0 Å². The van der Waals surface area contributed by atoms with E-state index in [0.717, 1.165) is 11.8 Å². The molecule has 0 amide bonds. The monoisotopic (exact) mass is 243 g/mol. The van der Waals surface area contributed by atoms with E-state index < -0.39 is 0 Å². The molecule has 2 heterocycles. The van der Waals surface area contributed by atoms with Crippen LogP contribution in [0.25, 0.3) is 5.57 Å². The van der Waals surface area contributed by atoms with Gasteiger partial charge >= 0.3 is 0 Å². The van der Waals surface area contributed by atoms with Crippen LogP contribution in [0.1, 0.15) is 37.7 Å². The predicted molar refractivity (Wildman–Crippen MR) is 74.6 cm³/mol. The molecule has 96 valence electrons. The first kappa shape index (κ1) is 11.6. The number of rotatable bonds is 2. The van der Waals surface area contributed by atoms with Crippen molar-refractivity contribution < 1.29 is 4.74 Å². The quantitative estimate of drug-likeness (QED) is 0.785. The fourth-order valence-corrected chi connectivity index (χ4v) is 3.20. The standard InChI is InChI=1S/C16H21NO/c1-18-16-8-3-2-7-15(16)13-9-10-14-6-4-5-11-17(14)12-13/h2-3,7-8,12,14H,4-6,9-11H2,1H3/t14-/m0/s1. The molecule has 0 bridgehead atoms. The van der Waals surface area contributed by atoms with Gasteiger partial charge in [-0.2, -0.15) is 0 Å². The SMILES string of the molecule is COc1ccccc1C1=CN2CCCC[C@H]2CC1. The van der Waals surface area contributed by atoms with Gasteiger partial charge < -0.3 is 9.64 Å². The highest BCUT2D eigenvalue weighted by atomic mass is 16.5. The third-order valence-corrected chi connectivity index (χ3v) is 4.19. The summed E-state index contributed by atoms with van der Waals surface area (Å²) in [6, 6.07) is 9.15. The Morgan fingerprint density at radius 2 is 2.06 bits per heavy atom. The molecule has 1 fully saturated rings. The van der Waals surface area contributed by atoms with E-state index in [1.54, 1.807) is 7.11 Å². The lowest BCUT2D eigenvalue weighted by molar-refractivity contribution is 0.196. The van der Waals surface area contributed by atoms with Crippen LogP contribution in [0, 0.1) is 0 Å². The van der Waals surface area contributed by atoms with Crippen LogP contribution in [0.5, 0.6) is 5.75 Å². The summed E-state index contributed by atoms with van der Waals surface area (Å²) in [5.41, 5.74) is 2.70. The molecule has 2 aliphatic heterocycles. The van der Waals surface area contributed by atoms with Gasteiger partial charge in [0.05, 0.1) is 7.11 Å². The lowest BCUT2D eigenvalue weighted by Crippen LogP contribution is -2.37. The lowest BCUT2D eigenvalue weighted by atomic mass is 9.90. The number of piperidine rings is 1. The van der Waals surface area contributed by atoms with Gasteiger partial charge in [0.25, 0.3) is 0 Å². The van der Waals surface area contributed by atoms with Gasteiger partial charge in [-0.15, -0.1) is 0 Å². The van der Waals surface area contributed by atoms with E-state index in [1.807, 2.05) is 6.07 Å². The first-order valence-electron chi connectivity index (χ1n) is 6.98. The third kappa shape index (κ3) is 2.12. The maximum absolute atomic E-state index is 5.48. The van der Waals surface area contributed by atoms with Gasteiger partial charge in [0, 0.05) is 24.4 Å². The molecule has 0 saturated carbocycles. The van der Waals surface area contributed by atoms with E-state index in [-0.39, 0.29) is 0 Å². The van der Waals surface area contributed by atoms with Gasteiger partial charge in [-0.3, -0.25) is 0 Å². The topological polar surface area (TPSA) is 12.5 Å². The van der Waals surface area contributed by atoms with Crippen LogP contribution in [0.4, 0.5) is 0 Å². The van der Waals surface area contributed by atoms with Crippen molar-refractivity contribution in [2.45, 2.75) is 38.1 Å². The molecule has 0 radical (unpaired) electrons. The van der Waals surface area contributed by atoms with E-state index in [1.165, 1.54) is 49.8 Å². The van der Waals surface area contributed by atoms with Gasteiger partial charge in [0.15, 0.2) is 0 Å². The molecule has 1 aromatic rings. The zero-order valence-corrected chi connectivity index (χ0v) is 11.1. The van der Waals surface area contributed by atoms with Crippen molar-refractivity contribution in [2.24, 2.45) is 0 Å². The smallest absolute Gasteiger partial charge is 0.126 e. The summed E-state index contributed by atoms with van der Waals surface area (Å²) in [6.45, 7) is 1.23. The molecule has 0 aromatic heterocycles. The number of nitrogens with zero attached hydrogens (tertiary/aromatic N) is 1. The van der Waals surface area contributed by atoms with Gasteiger partial charge in [-0.05, 0) is 43.7 Å². The molecule has 0 aliphatic carbocycles. The number of para-hydroxylation sites is 1. The average molecular weight is 243 g/mol. The Balaban J connectivity index is 1.90. The number of fused-ring (bicyclic) bond motifs is 1. The molecule has 18 heavy (non-hydrogen) atoms. The zero-order valence-electron chi connectivity index (χ0n) is 11.1. The van der Waals surface area contributed by atoms with Crippen molar-refractivity contribution >= 4 is 5.57 Å². The zero-order chi connectivity index (χ0) is 12.4. The molecule has 1 saturated heterocycles. The van der Waals surface area contributed by atoms with Gasteiger partial charge in [-0.25, -0.2) is 0 Å². The van der Waals surface area contributed by atoms with Crippen LogP contribution >= 0.6 is 0 Å². The predicted octanol–water partition coefficient (Wildman–Crippen LogP) is 3.68. The summed E-state index contributed by atoms with van der Waals surface area (Å²) in [4.78, 5) is 2.55. The summed E-state index contributed by atoms with van der Waals surface area (Å²) in [7, 11) is 1.76. The largest absolute Gasteiger partial charge is 0.496 e. The number of methoxy groups -OCH3 is 1. The molecule has 3 rings (SSSR count). The fourth-order valence-electron chi connectivity index (χ4n) is 3.20. The van der Waals surface area contributed by atoms with Crippen LogP contribution in [0.15, 0.2) is 30.5 Å². The second-order valence-corrected chi connectivity index (χ2v) is 5.28. The second kappa shape index (κ2) is 5.05. The summed E-state index contributed by atoms with van der Waals surface area (Å²) in [6.07, 6.45) is 8.97. The maximum Gasteiger partial charge on any atom is 0.126 e. The first-order valence-corrected chi connectivity index (χ1v) is 6.98. The van der Waals surface area contributed by atoms with Crippen molar-refractivity contribution in [2.75, 3.05) is 13.7 Å². The van der Waals surface area contributed by atoms with Gasteiger partial charge in [-0.1, -0.05) is 18.2 Å². The molecule has 2 aliphatic rings. The van der Waals surface area contributed by atoms with E-state index in [2.05, 4.69) is 29.3 Å². The number of hydrogen-bond donors (Lipinski definition) is 0. The number of hydrogen-bond acceptors (Lipinski definition) is 2. The molecule has 0 spiro atoms. The van der Waals surface area contributed by atoms with Crippen LogP contribution in [0.2, 0.25) is 0 Å². The average Bonchev–Trinajstić information content (AvgIpc) is 2.46. The van der Waals surface area contributed by atoms with Crippen molar-refractivity contribution in [3.05, 3.63) is 36.0 Å². The molecule has 1 aromatic carbocycles. The highest BCUT2D eigenvalue weighted by Gasteiger charge is 2.25. The molecule has 2 heteroatoms. The molecule has 1 atom stereocenters. The maximum atomic E-state index is 5.48. The minimum atomic E-state index is 0.789. The van der Waals surface area contributed by atoms with Crippen molar-refractivity contribution in [1.82, 2.24) is 4.90 Å². The Labute approximate surface area is 109 Å². The van der Waals surface area contributed by atoms with Crippen LogP contribution in [0.3, 0.4) is 0 Å². The summed E-state index contributed by atoms with van der Waals surface area (Å²) in [5, 5.41) is 0. The van der Waals surface area contributed by atoms with Crippen molar-refractivity contribution in [1.29, 1.82) is 0 Å². The molecular formula is C16H21NO. The van der Waals surface area contributed by atoms with Crippen molar-refractivity contribution in [3.8, 4) is 5.75 Å². The van der Waals surface area contributed by atoms with Crippen molar-refractivity contribution in [3.63, 3.8) is 0 Å². The van der Waals surface area contributed by atoms with E-state index in [4.69, 9.17) is 4.74 Å². The Bertz CT molecular complexity index is 452. The first-order chi connectivity index (χ1) is 8.88. The number of benzene rings is 1. The summed E-state index contributed by atoms with van der Waals surface area (Å²) in [5.74, 6) is 0.999. The minimum absolute atomic E-state index is 0.789. The summed E-state index contributed by atoms with van der Waals surface area (Å²) >= 11 is 0. The van der Waals surface area contributed by atoms with E-state index in [0.29, 0.717) is 0 Å². The van der Waals surface area contributed by atoms with E-state index >= 15 is 0 Å². The second-order valence-electron chi connectivity index (χ2n) is 5.28. The molecule has 0 unspecified atom stereocenters. The minimum Gasteiger partial charge on any atom is -0.496 e. The van der Waals surface area contributed by atoms with Gasteiger partial charge in [0.1, 0.15) is 5.75 Å². The molecule has 2 nitrogen and oxygen atoms in total. The Morgan fingerprint density at radius 1 is 1.17 bits per heavy atom. The molecule has 0 N–H and O–H groups in total. The highest BCUT2D eigenvalue weighted by Crippen LogP contribution is 2.35. The van der Waals surface area contributed by atoms with E-state index in [9.17, 15) is 0 Å². The lowest BCUT2D eigenvalue weighted by Gasteiger charge is -2.39. The van der Waals surface area contributed by atoms with Crippen LogP contribution < -0.4 is 4.74 Å². The normalized spacial score (nSPS) is 23.3. The third-order valence-electron chi connectivity index (χ3n) is 4.19. The Hall–Kier alpha value is -1.44. The summed E-state index contributed by atoms with van der Waals surface area (Å²) < 4.78 is 5.48. The number of allylic oxidation sites excluding steroid dienone is 1. The Kier molecular flexibility index (Phi) is 3.26. The number of ether oxygens (including phenoxy) is 1. The fraction of sp³-hybridized carbons (Fsp3) is 0.500. The van der Waals surface area contributed by atoms with Gasteiger partial charge in [0.2, 0.25) is 0 Å².